The third kappa shape index (κ3) is 4.64. The molecular formula is C13H22N4S. The van der Waals surface area contributed by atoms with Crippen LogP contribution in [0.3, 0.4) is 0 Å². The fraction of sp³-hybridized carbons (Fsp3) is 0.692. The molecule has 1 fully saturated rings. The van der Waals surface area contributed by atoms with E-state index in [9.17, 15) is 0 Å². The van der Waals surface area contributed by atoms with Crippen LogP contribution in [0.4, 0.5) is 0 Å². The average Bonchev–Trinajstić information content (AvgIpc) is 3.09. The number of aromatic nitrogens is 1. The third-order valence-electron chi connectivity index (χ3n) is 2.89. The minimum Gasteiger partial charge on any atom is -0.357 e. The molecule has 1 heterocycles. The van der Waals surface area contributed by atoms with E-state index in [4.69, 9.17) is 0 Å². The summed E-state index contributed by atoms with van der Waals surface area (Å²) in [7, 11) is 0. The zero-order valence-corrected chi connectivity index (χ0v) is 12.0. The van der Waals surface area contributed by atoms with Gasteiger partial charge in [-0.3, -0.25) is 4.99 Å². The van der Waals surface area contributed by atoms with Crippen molar-refractivity contribution in [3.63, 3.8) is 0 Å². The molecular weight excluding hydrogens is 244 g/mol. The van der Waals surface area contributed by atoms with Gasteiger partial charge in [-0.25, -0.2) is 4.98 Å². The first kappa shape index (κ1) is 13.3. The molecule has 0 bridgehead atoms. The van der Waals surface area contributed by atoms with Gasteiger partial charge >= 0.3 is 0 Å². The average molecular weight is 266 g/mol. The van der Waals surface area contributed by atoms with Crippen LogP contribution in [0.15, 0.2) is 10.4 Å². The lowest BCUT2D eigenvalue weighted by Gasteiger charge is -2.10. The second-order valence-corrected chi connectivity index (χ2v) is 5.76. The Morgan fingerprint density at radius 3 is 2.94 bits per heavy atom. The highest BCUT2D eigenvalue weighted by molar-refractivity contribution is 7.09. The maximum atomic E-state index is 4.59. The summed E-state index contributed by atoms with van der Waals surface area (Å²) in [6.45, 7) is 6.90. The largest absolute Gasteiger partial charge is 0.357 e. The molecule has 0 radical (unpaired) electrons. The molecule has 2 N–H and O–H groups in total. The lowest BCUT2D eigenvalue weighted by molar-refractivity contribution is 0.771. The van der Waals surface area contributed by atoms with E-state index in [0.717, 1.165) is 42.9 Å². The Morgan fingerprint density at radius 2 is 2.33 bits per heavy atom. The second kappa shape index (κ2) is 6.73. The smallest absolute Gasteiger partial charge is 0.191 e. The number of guanidine groups is 1. The summed E-state index contributed by atoms with van der Waals surface area (Å²) in [5, 5.41) is 9.91. The van der Waals surface area contributed by atoms with Crippen LogP contribution < -0.4 is 10.6 Å². The first-order valence-electron chi connectivity index (χ1n) is 6.71. The summed E-state index contributed by atoms with van der Waals surface area (Å²) in [6.07, 6.45) is 3.65. The molecule has 0 saturated heterocycles. The van der Waals surface area contributed by atoms with E-state index in [1.807, 2.05) is 6.92 Å². The number of thiazole rings is 1. The van der Waals surface area contributed by atoms with Gasteiger partial charge in [-0.15, -0.1) is 11.3 Å². The van der Waals surface area contributed by atoms with Crippen molar-refractivity contribution in [2.24, 2.45) is 10.9 Å². The molecule has 1 aromatic heterocycles. The normalized spacial score (nSPS) is 15.8. The maximum Gasteiger partial charge on any atom is 0.191 e. The Labute approximate surface area is 113 Å². The number of nitrogens with zero attached hydrogens (tertiary/aromatic N) is 2. The molecule has 1 aliphatic carbocycles. The fourth-order valence-corrected chi connectivity index (χ4v) is 2.34. The lowest BCUT2D eigenvalue weighted by atomic mass is 10.3. The summed E-state index contributed by atoms with van der Waals surface area (Å²) >= 11 is 1.71. The number of hydrogen-bond acceptors (Lipinski definition) is 3. The van der Waals surface area contributed by atoms with Crippen molar-refractivity contribution >= 4 is 17.3 Å². The first-order valence-corrected chi connectivity index (χ1v) is 7.59. The van der Waals surface area contributed by atoms with Crippen molar-refractivity contribution in [1.82, 2.24) is 15.6 Å². The summed E-state index contributed by atoms with van der Waals surface area (Å²) in [5.41, 5.74) is 1.17. The number of aliphatic imine (C=N–C) groups is 1. The predicted molar refractivity (Wildman–Crippen MR) is 77.3 cm³/mol. The Kier molecular flexibility index (Phi) is 4.99. The van der Waals surface area contributed by atoms with Crippen LogP contribution in [0.1, 0.15) is 30.5 Å². The zero-order chi connectivity index (χ0) is 12.8. The van der Waals surface area contributed by atoms with Crippen molar-refractivity contribution in [2.75, 3.05) is 19.6 Å². The van der Waals surface area contributed by atoms with Gasteiger partial charge < -0.3 is 10.6 Å². The summed E-state index contributed by atoms with van der Waals surface area (Å²) in [4.78, 5) is 9.04. The Balaban J connectivity index is 1.72. The van der Waals surface area contributed by atoms with Crippen LogP contribution in [0.25, 0.3) is 0 Å². The van der Waals surface area contributed by atoms with Gasteiger partial charge in [0.15, 0.2) is 5.96 Å². The van der Waals surface area contributed by atoms with Crippen LogP contribution in [-0.4, -0.2) is 30.6 Å². The molecule has 2 rings (SSSR count). The van der Waals surface area contributed by atoms with E-state index in [-0.39, 0.29) is 0 Å². The van der Waals surface area contributed by atoms with Crippen LogP contribution in [0, 0.1) is 12.8 Å². The van der Waals surface area contributed by atoms with Gasteiger partial charge in [0, 0.05) is 31.4 Å². The Bertz CT molecular complexity index is 395. The quantitative estimate of drug-likeness (QED) is 0.611. The van der Waals surface area contributed by atoms with E-state index in [2.05, 4.69) is 32.9 Å². The SMILES string of the molecule is CCNC(=NCC1CC1)NCCc1csc(C)n1. The molecule has 1 aliphatic rings. The van der Waals surface area contributed by atoms with Gasteiger partial charge in [0.1, 0.15) is 0 Å². The third-order valence-corrected chi connectivity index (χ3v) is 3.71. The van der Waals surface area contributed by atoms with Gasteiger partial charge in [0.25, 0.3) is 0 Å². The van der Waals surface area contributed by atoms with Crippen molar-refractivity contribution in [2.45, 2.75) is 33.1 Å². The van der Waals surface area contributed by atoms with Crippen LogP contribution in [0.2, 0.25) is 0 Å². The number of aryl methyl sites for hydroxylation is 1. The minimum absolute atomic E-state index is 0.835. The molecule has 1 saturated carbocycles. The van der Waals surface area contributed by atoms with Crippen LogP contribution in [0.5, 0.6) is 0 Å². The van der Waals surface area contributed by atoms with Gasteiger partial charge in [-0.1, -0.05) is 0 Å². The highest BCUT2D eigenvalue weighted by Crippen LogP contribution is 2.28. The zero-order valence-electron chi connectivity index (χ0n) is 11.2. The van der Waals surface area contributed by atoms with Crippen molar-refractivity contribution in [1.29, 1.82) is 0 Å². The topological polar surface area (TPSA) is 49.3 Å². The van der Waals surface area contributed by atoms with Crippen molar-refractivity contribution in [3.8, 4) is 0 Å². The van der Waals surface area contributed by atoms with Gasteiger partial charge in [-0.2, -0.15) is 0 Å². The standard InChI is InChI=1S/C13H22N4S/c1-3-14-13(16-8-11-4-5-11)15-7-6-12-9-18-10(2)17-12/h9,11H,3-8H2,1-2H3,(H2,14,15,16). The number of hydrogen-bond donors (Lipinski definition) is 2. The highest BCUT2D eigenvalue weighted by atomic mass is 32.1. The van der Waals surface area contributed by atoms with Gasteiger partial charge in [0.2, 0.25) is 0 Å². The van der Waals surface area contributed by atoms with E-state index < -0.39 is 0 Å². The van der Waals surface area contributed by atoms with Crippen LogP contribution in [-0.2, 0) is 6.42 Å². The number of rotatable bonds is 6. The Hall–Kier alpha value is -1.10. The number of nitrogens with one attached hydrogen (secondary N) is 2. The maximum absolute atomic E-state index is 4.59. The minimum atomic E-state index is 0.835. The summed E-state index contributed by atoms with van der Waals surface area (Å²) < 4.78 is 0. The molecule has 100 valence electrons. The summed E-state index contributed by atoms with van der Waals surface area (Å²) in [6, 6.07) is 0. The highest BCUT2D eigenvalue weighted by Gasteiger charge is 2.20. The monoisotopic (exact) mass is 266 g/mol. The van der Waals surface area contributed by atoms with Crippen molar-refractivity contribution < 1.29 is 0 Å². The second-order valence-electron chi connectivity index (χ2n) is 4.70. The molecule has 4 nitrogen and oxygen atoms in total. The molecule has 5 heteroatoms. The lowest BCUT2D eigenvalue weighted by Crippen LogP contribution is -2.38. The van der Waals surface area contributed by atoms with E-state index in [1.54, 1.807) is 11.3 Å². The van der Waals surface area contributed by atoms with Gasteiger partial charge in [-0.05, 0) is 32.6 Å². The molecule has 1 aromatic rings. The molecule has 0 amide bonds. The van der Waals surface area contributed by atoms with Crippen molar-refractivity contribution in [3.05, 3.63) is 16.1 Å². The fourth-order valence-electron chi connectivity index (χ4n) is 1.69. The van der Waals surface area contributed by atoms with Crippen LogP contribution >= 0.6 is 11.3 Å². The first-order chi connectivity index (χ1) is 8.78. The van der Waals surface area contributed by atoms with E-state index in [1.165, 1.54) is 18.5 Å². The molecule has 0 aromatic carbocycles. The summed E-state index contributed by atoms with van der Waals surface area (Å²) in [5.74, 6) is 1.78. The predicted octanol–water partition coefficient (Wildman–Crippen LogP) is 1.96. The molecule has 0 atom stereocenters. The van der Waals surface area contributed by atoms with Gasteiger partial charge in [0.05, 0.1) is 10.7 Å². The molecule has 0 unspecified atom stereocenters. The van der Waals surface area contributed by atoms with E-state index >= 15 is 0 Å². The molecule has 0 spiro atoms. The molecule has 18 heavy (non-hydrogen) atoms. The van der Waals surface area contributed by atoms with E-state index in [0.29, 0.717) is 0 Å². The Morgan fingerprint density at radius 1 is 1.50 bits per heavy atom. The molecule has 0 aliphatic heterocycles.